The SMILES string of the molecule is CC(C)C(C)CNC(=O)c1cc(S(N)(=O)=O)c[nH]1. The lowest BCUT2D eigenvalue weighted by Gasteiger charge is -2.15. The Morgan fingerprint density at radius 2 is 2.06 bits per heavy atom. The van der Waals surface area contributed by atoms with E-state index >= 15 is 0 Å². The van der Waals surface area contributed by atoms with Gasteiger partial charge in [-0.15, -0.1) is 0 Å². The van der Waals surface area contributed by atoms with Crippen molar-refractivity contribution in [3.63, 3.8) is 0 Å². The van der Waals surface area contributed by atoms with Crippen LogP contribution in [0.4, 0.5) is 0 Å². The molecule has 0 aliphatic carbocycles. The monoisotopic (exact) mass is 273 g/mol. The number of nitrogens with two attached hydrogens (primary N) is 1. The van der Waals surface area contributed by atoms with Gasteiger partial charge in [0.1, 0.15) is 5.69 Å². The first-order valence-corrected chi connectivity index (χ1v) is 7.26. The van der Waals surface area contributed by atoms with E-state index in [0.717, 1.165) is 0 Å². The number of carbonyl (C=O) groups is 1. The van der Waals surface area contributed by atoms with E-state index in [4.69, 9.17) is 5.14 Å². The number of aromatic nitrogens is 1. The molecule has 1 rings (SSSR count). The number of nitrogens with one attached hydrogen (secondary N) is 2. The van der Waals surface area contributed by atoms with Gasteiger partial charge in [-0.25, -0.2) is 13.6 Å². The van der Waals surface area contributed by atoms with Crippen LogP contribution in [-0.4, -0.2) is 25.9 Å². The standard InChI is InChI=1S/C11H19N3O3S/c1-7(2)8(3)5-14-11(15)10-4-9(6-13-10)18(12,16)17/h4,6-8,13H,5H2,1-3H3,(H,14,15)(H2,12,16,17). The van der Waals surface area contributed by atoms with Crippen LogP contribution in [0.1, 0.15) is 31.3 Å². The molecule has 0 fully saturated rings. The summed E-state index contributed by atoms with van der Waals surface area (Å²) in [5, 5.41) is 7.69. The van der Waals surface area contributed by atoms with Gasteiger partial charge in [-0.1, -0.05) is 20.8 Å². The van der Waals surface area contributed by atoms with Gasteiger partial charge in [-0.05, 0) is 17.9 Å². The van der Waals surface area contributed by atoms with E-state index < -0.39 is 10.0 Å². The number of hydrogen-bond donors (Lipinski definition) is 3. The number of primary sulfonamides is 1. The predicted molar refractivity (Wildman–Crippen MR) is 68.5 cm³/mol. The Balaban J connectivity index is 2.66. The van der Waals surface area contributed by atoms with Gasteiger partial charge in [-0.2, -0.15) is 0 Å². The second kappa shape index (κ2) is 5.53. The van der Waals surface area contributed by atoms with Gasteiger partial charge in [0.25, 0.3) is 5.91 Å². The maximum Gasteiger partial charge on any atom is 0.267 e. The molecule has 0 radical (unpaired) electrons. The Bertz CT molecular complexity index is 519. The minimum atomic E-state index is -3.77. The third-order valence-electron chi connectivity index (χ3n) is 2.95. The van der Waals surface area contributed by atoms with Crippen molar-refractivity contribution in [2.45, 2.75) is 25.7 Å². The molecule has 0 spiro atoms. The summed E-state index contributed by atoms with van der Waals surface area (Å²) in [6.07, 6.45) is 1.20. The number of amides is 1. The molecule has 1 amide bonds. The first-order valence-electron chi connectivity index (χ1n) is 5.71. The van der Waals surface area contributed by atoms with Crippen molar-refractivity contribution in [1.29, 1.82) is 0 Å². The van der Waals surface area contributed by atoms with Crippen LogP contribution >= 0.6 is 0 Å². The first-order chi connectivity index (χ1) is 8.21. The lowest BCUT2D eigenvalue weighted by atomic mass is 9.98. The van der Waals surface area contributed by atoms with Crippen molar-refractivity contribution in [2.24, 2.45) is 17.0 Å². The fraction of sp³-hybridized carbons (Fsp3) is 0.545. The van der Waals surface area contributed by atoms with Crippen molar-refractivity contribution in [3.05, 3.63) is 18.0 Å². The maximum atomic E-state index is 11.7. The lowest BCUT2D eigenvalue weighted by Crippen LogP contribution is -2.30. The number of aromatic amines is 1. The normalized spacial score (nSPS) is 13.6. The molecular weight excluding hydrogens is 254 g/mol. The molecule has 0 saturated heterocycles. The minimum Gasteiger partial charge on any atom is -0.356 e. The molecule has 0 aliphatic rings. The van der Waals surface area contributed by atoms with Crippen LogP contribution in [0.15, 0.2) is 17.2 Å². The smallest absolute Gasteiger partial charge is 0.267 e. The molecule has 6 nitrogen and oxygen atoms in total. The molecule has 1 atom stereocenters. The highest BCUT2D eigenvalue weighted by Gasteiger charge is 2.15. The van der Waals surface area contributed by atoms with Gasteiger partial charge in [0.2, 0.25) is 10.0 Å². The van der Waals surface area contributed by atoms with E-state index in [1.54, 1.807) is 0 Å². The summed E-state index contributed by atoms with van der Waals surface area (Å²) in [4.78, 5) is 14.2. The van der Waals surface area contributed by atoms with Crippen LogP contribution in [0.3, 0.4) is 0 Å². The molecule has 4 N–H and O–H groups in total. The highest BCUT2D eigenvalue weighted by atomic mass is 32.2. The van der Waals surface area contributed by atoms with Gasteiger partial charge < -0.3 is 10.3 Å². The molecule has 0 saturated carbocycles. The fourth-order valence-electron chi connectivity index (χ4n) is 1.25. The average molecular weight is 273 g/mol. The maximum absolute atomic E-state index is 11.7. The molecule has 0 aliphatic heterocycles. The minimum absolute atomic E-state index is 0.0930. The van der Waals surface area contributed by atoms with Crippen LogP contribution in [0.2, 0.25) is 0 Å². The Labute approximate surface area is 107 Å². The van der Waals surface area contributed by atoms with E-state index in [1.807, 2.05) is 6.92 Å². The fourth-order valence-corrected chi connectivity index (χ4v) is 1.76. The molecule has 18 heavy (non-hydrogen) atoms. The zero-order valence-electron chi connectivity index (χ0n) is 10.7. The van der Waals surface area contributed by atoms with Gasteiger partial charge in [0, 0.05) is 12.7 Å². The van der Waals surface area contributed by atoms with Crippen LogP contribution in [0.5, 0.6) is 0 Å². The molecule has 102 valence electrons. The van der Waals surface area contributed by atoms with Gasteiger partial charge in [-0.3, -0.25) is 4.79 Å². The third kappa shape index (κ3) is 3.85. The molecule has 7 heteroatoms. The zero-order valence-corrected chi connectivity index (χ0v) is 11.5. The van der Waals surface area contributed by atoms with Crippen LogP contribution in [0.25, 0.3) is 0 Å². The molecule has 1 heterocycles. The molecule has 0 bridgehead atoms. The van der Waals surface area contributed by atoms with Crippen LogP contribution in [-0.2, 0) is 10.0 Å². The van der Waals surface area contributed by atoms with E-state index in [-0.39, 0.29) is 16.5 Å². The second-order valence-corrected chi connectivity index (χ2v) is 6.29. The highest BCUT2D eigenvalue weighted by molar-refractivity contribution is 7.89. The molecular formula is C11H19N3O3S. The largest absolute Gasteiger partial charge is 0.356 e. The van der Waals surface area contributed by atoms with E-state index in [0.29, 0.717) is 18.4 Å². The first kappa shape index (κ1) is 14.7. The second-order valence-electron chi connectivity index (χ2n) is 4.73. The third-order valence-corrected chi connectivity index (χ3v) is 3.85. The summed E-state index contributed by atoms with van der Waals surface area (Å²) in [7, 11) is -3.77. The van der Waals surface area contributed by atoms with Gasteiger partial charge in [0.15, 0.2) is 0 Å². The molecule has 1 unspecified atom stereocenters. The summed E-state index contributed by atoms with van der Waals surface area (Å²) in [5.41, 5.74) is 0.190. The Morgan fingerprint density at radius 1 is 1.44 bits per heavy atom. The van der Waals surface area contributed by atoms with Crippen molar-refractivity contribution >= 4 is 15.9 Å². The van der Waals surface area contributed by atoms with Crippen molar-refractivity contribution in [2.75, 3.05) is 6.54 Å². The van der Waals surface area contributed by atoms with Crippen LogP contribution in [0, 0.1) is 11.8 Å². The quantitative estimate of drug-likeness (QED) is 0.734. The van der Waals surface area contributed by atoms with Gasteiger partial charge in [0.05, 0.1) is 4.90 Å². The number of hydrogen-bond acceptors (Lipinski definition) is 3. The van der Waals surface area contributed by atoms with Crippen LogP contribution < -0.4 is 10.5 Å². The Hall–Kier alpha value is -1.34. The predicted octanol–water partition coefficient (Wildman–Crippen LogP) is 0.684. The number of H-pyrrole nitrogens is 1. The summed E-state index contributed by atoms with van der Waals surface area (Å²) in [6.45, 7) is 6.73. The lowest BCUT2D eigenvalue weighted by molar-refractivity contribution is 0.0940. The number of rotatable bonds is 5. The van der Waals surface area contributed by atoms with E-state index in [2.05, 4.69) is 24.1 Å². The molecule has 1 aromatic rings. The molecule has 1 aromatic heterocycles. The van der Waals surface area contributed by atoms with Gasteiger partial charge >= 0.3 is 0 Å². The summed E-state index contributed by atoms with van der Waals surface area (Å²) < 4.78 is 22.1. The summed E-state index contributed by atoms with van der Waals surface area (Å²) in [6, 6.07) is 1.23. The average Bonchev–Trinajstić information content (AvgIpc) is 2.73. The molecule has 0 aromatic carbocycles. The van der Waals surface area contributed by atoms with Crippen molar-refractivity contribution in [3.8, 4) is 0 Å². The summed E-state index contributed by atoms with van der Waals surface area (Å²) in [5.74, 6) is 0.480. The van der Waals surface area contributed by atoms with Crippen molar-refractivity contribution in [1.82, 2.24) is 10.3 Å². The van der Waals surface area contributed by atoms with Crippen molar-refractivity contribution < 1.29 is 13.2 Å². The summed E-state index contributed by atoms with van der Waals surface area (Å²) >= 11 is 0. The van der Waals surface area contributed by atoms with E-state index in [9.17, 15) is 13.2 Å². The Kier molecular flexibility index (Phi) is 4.53. The van der Waals surface area contributed by atoms with E-state index in [1.165, 1.54) is 12.3 Å². The highest BCUT2D eigenvalue weighted by Crippen LogP contribution is 2.10. The number of sulfonamides is 1. The zero-order chi connectivity index (χ0) is 13.9. The topological polar surface area (TPSA) is 105 Å². The Morgan fingerprint density at radius 3 is 2.50 bits per heavy atom. The number of carbonyl (C=O) groups excluding carboxylic acids is 1.